The summed E-state index contributed by atoms with van der Waals surface area (Å²) in [6.07, 6.45) is 1.07. The molecule has 7 heteroatoms. The number of methoxy groups -OCH3 is 3. The zero-order valence-corrected chi connectivity index (χ0v) is 15.6. The summed E-state index contributed by atoms with van der Waals surface area (Å²) in [5.74, 6) is 2.00. The second kappa shape index (κ2) is 9.59. The van der Waals surface area contributed by atoms with Crippen molar-refractivity contribution in [1.82, 2.24) is 10.2 Å². The van der Waals surface area contributed by atoms with Crippen molar-refractivity contribution in [2.24, 2.45) is 0 Å². The Kier molecular flexibility index (Phi) is 8.15. The molecule has 24 heavy (non-hydrogen) atoms. The Morgan fingerprint density at radius 3 is 2.50 bits per heavy atom. The van der Waals surface area contributed by atoms with Crippen LogP contribution in [-0.2, 0) is 11.2 Å². The lowest BCUT2D eigenvalue weighted by Crippen LogP contribution is -2.51. The number of halogens is 1. The fourth-order valence-corrected chi connectivity index (χ4v) is 2.92. The standard InChI is InChI=1S/C17H26N2O4.ClH/c1-12-11-19(10-9-18-12)15(20)8-6-13-5-7-14(21-2)17(23-4)16(13)22-3;/h5,7,12,18H,6,8-11H2,1-4H3;1H. The normalized spacial score (nSPS) is 17.0. The van der Waals surface area contributed by atoms with E-state index < -0.39 is 0 Å². The molecule has 1 amide bonds. The fourth-order valence-electron chi connectivity index (χ4n) is 2.92. The van der Waals surface area contributed by atoms with Gasteiger partial charge >= 0.3 is 0 Å². The number of carbonyl (C=O) groups excluding carboxylic acids is 1. The average Bonchev–Trinajstić information content (AvgIpc) is 2.58. The van der Waals surface area contributed by atoms with Crippen LogP contribution in [0.25, 0.3) is 0 Å². The Hall–Kier alpha value is -1.66. The number of nitrogens with zero attached hydrogens (tertiary/aromatic N) is 1. The molecule has 6 nitrogen and oxygen atoms in total. The quantitative estimate of drug-likeness (QED) is 0.841. The van der Waals surface area contributed by atoms with Gasteiger partial charge in [0.1, 0.15) is 0 Å². The smallest absolute Gasteiger partial charge is 0.223 e. The minimum Gasteiger partial charge on any atom is -0.493 e. The number of hydrogen-bond acceptors (Lipinski definition) is 5. The van der Waals surface area contributed by atoms with Crippen LogP contribution in [0.15, 0.2) is 12.1 Å². The number of aryl methyl sites for hydroxylation is 1. The predicted molar refractivity (Wildman–Crippen MR) is 95.7 cm³/mol. The summed E-state index contributed by atoms with van der Waals surface area (Å²) in [6.45, 7) is 4.48. The number of benzene rings is 1. The van der Waals surface area contributed by atoms with E-state index in [1.807, 2.05) is 17.0 Å². The number of nitrogens with one attached hydrogen (secondary N) is 1. The van der Waals surface area contributed by atoms with Crippen LogP contribution in [0, 0.1) is 0 Å². The maximum Gasteiger partial charge on any atom is 0.223 e. The lowest BCUT2D eigenvalue weighted by molar-refractivity contribution is -0.132. The second-order valence-corrected chi connectivity index (χ2v) is 5.69. The summed E-state index contributed by atoms with van der Waals surface area (Å²) < 4.78 is 16.1. The van der Waals surface area contributed by atoms with E-state index in [1.165, 1.54) is 0 Å². The van der Waals surface area contributed by atoms with Crippen LogP contribution in [-0.4, -0.2) is 57.8 Å². The van der Waals surface area contributed by atoms with E-state index in [1.54, 1.807) is 21.3 Å². The van der Waals surface area contributed by atoms with Gasteiger partial charge in [-0.25, -0.2) is 0 Å². The third kappa shape index (κ3) is 4.68. The second-order valence-electron chi connectivity index (χ2n) is 5.69. The molecule has 1 saturated heterocycles. The molecule has 2 rings (SSSR count). The molecule has 0 aliphatic carbocycles. The topological polar surface area (TPSA) is 60.0 Å². The molecule has 1 aromatic carbocycles. The first kappa shape index (κ1) is 20.4. The highest BCUT2D eigenvalue weighted by molar-refractivity contribution is 5.85. The van der Waals surface area contributed by atoms with E-state index in [0.29, 0.717) is 36.1 Å². The van der Waals surface area contributed by atoms with Crippen LogP contribution in [0.5, 0.6) is 17.2 Å². The molecule has 0 spiro atoms. The molecule has 1 unspecified atom stereocenters. The Morgan fingerprint density at radius 2 is 1.92 bits per heavy atom. The van der Waals surface area contributed by atoms with Crippen LogP contribution < -0.4 is 19.5 Å². The zero-order valence-electron chi connectivity index (χ0n) is 14.8. The van der Waals surface area contributed by atoms with Crippen LogP contribution in [0.4, 0.5) is 0 Å². The van der Waals surface area contributed by atoms with Crippen molar-refractivity contribution in [2.45, 2.75) is 25.8 Å². The number of piperazine rings is 1. The molecule has 0 aromatic heterocycles. The maximum atomic E-state index is 12.4. The molecule has 0 saturated carbocycles. The van der Waals surface area contributed by atoms with Crippen LogP contribution >= 0.6 is 12.4 Å². The molecule has 1 heterocycles. The molecular weight excluding hydrogens is 332 g/mol. The van der Waals surface area contributed by atoms with Crippen LogP contribution in [0.2, 0.25) is 0 Å². The van der Waals surface area contributed by atoms with E-state index in [-0.39, 0.29) is 18.3 Å². The molecule has 1 fully saturated rings. The van der Waals surface area contributed by atoms with Gasteiger partial charge in [-0.05, 0) is 25.0 Å². The zero-order chi connectivity index (χ0) is 16.8. The molecule has 1 aliphatic heterocycles. The first-order valence-corrected chi connectivity index (χ1v) is 7.89. The molecule has 1 aromatic rings. The summed E-state index contributed by atoms with van der Waals surface area (Å²) in [6, 6.07) is 4.12. The van der Waals surface area contributed by atoms with Crippen molar-refractivity contribution in [3.8, 4) is 17.2 Å². The highest BCUT2D eigenvalue weighted by Crippen LogP contribution is 2.40. The highest BCUT2D eigenvalue weighted by atomic mass is 35.5. The molecule has 136 valence electrons. The lowest BCUT2D eigenvalue weighted by atomic mass is 10.1. The van der Waals surface area contributed by atoms with Gasteiger partial charge in [-0.1, -0.05) is 6.07 Å². The first-order chi connectivity index (χ1) is 11.1. The van der Waals surface area contributed by atoms with Crippen LogP contribution in [0.1, 0.15) is 18.9 Å². The van der Waals surface area contributed by atoms with Gasteiger partial charge in [0.05, 0.1) is 21.3 Å². The summed E-state index contributed by atoms with van der Waals surface area (Å²) in [4.78, 5) is 14.3. The van der Waals surface area contributed by atoms with Gasteiger partial charge in [0.25, 0.3) is 0 Å². The minimum absolute atomic E-state index is 0. The maximum absolute atomic E-state index is 12.4. The number of carbonyl (C=O) groups is 1. The van der Waals surface area contributed by atoms with E-state index in [2.05, 4.69) is 12.2 Å². The van der Waals surface area contributed by atoms with Crippen molar-refractivity contribution < 1.29 is 19.0 Å². The third-order valence-corrected chi connectivity index (χ3v) is 4.12. The Labute approximate surface area is 149 Å². The number of rotatable bonds is 6. The highest BCUT2D eigenvalue weighted by Gasteiger charge is 2.21. The number of amides is 1. The van der Waals surface area contributed by atoms with E-state index >= 15 is 0 Å². The van der Waals surface area contributed by atoms with Gasteiger partial charge in [0.2, 0.25) is 11.7 Å². The number of ether oxygens (including phenoxy) is 3. The molecule has 1 N–H and O–H groups in total. The molecule has 0 radical (unpaired) electrons. The summed E-state index contributed by atoms with van der Waals surface area (Å²) >= 11 is 0. The Balaban J connectivity index is 0.00000288. The van der Waals surface area contributed by atoms with Crippen molar-refractivity contribution >= 4 is 18.3 Å². The van der Waals surface area contributed by atoms with Crippen molar-refractivity contribution in [3.05, 3.63) is 17.7 Å². The summed E-state index contributed by atoms with van der Waals surface area (Å²) in [7, 11) is 4.77. The fraction of sp³-hybridized carbons (Fsp3) is 0.588. The SMILES string of the molecule is COc1ccc(CCC(=O)N2CCNC(C)C2)c(OC)c1OC.Cl. The monoisotopic (exact) mass is 358 g/mol. The van der Waals surface area contributed by atoms with E-state index in [0.717, 1.165) is 25.2 Å². The third-order valence-electron chi connectivity index (χ3n) is 4.12. The van der Waals surface area contributed by atoms with E-state index in [9.17, 15) is 4.79 Å². The van der Waals surface area contributed by atoms with Gasteiger partial charge < -0.3 is 24.4 Å². The minimum atomic E-state index is 0. The Bertz CT molecular complexity index is 554. The van der Waals surface area contributed by atoms with Crippen molar-refractivity contribution in [3.63, 3.8) is 0 Å². The van der Waals surface area contributed by atoms with Gasteiger partial charge in [0, 0.05) is 32.1 Å². The van der Waals surface area contributed by atoms with Gasteiger partial charge in [-0.15, -0.1) is 12.4 Å². The molecule has 1 aliphatic rings. The average molecular weight is 359 g/mol. The van der Waals surface area contributed by atoms with Gasteiger partial charge in [0.15, 0.2) is 11.5 Å². The van der Waals surface area contributed by atoms with Crippen LogP contribution in [0.3, 0.4) is 0 Å². The molecule has 1 atom stereocenters. The first-order valence-electron chi connectivity index (χ1n) is 7.89. The molecular formula is C17H27ClN2O4. The van der Waals surface area contributed by atoms with Gasteiger partial charge in [-0.2, -0.15) is 0 Å². The number of hydrogen-bond donors (Lipinski definition) is 1. The summed E-state index contributed by atoms with van der Waals surface area (Å²) in [5, 5.41) is 3.34. The van der Waals surface area contributed by atoms with Crippen molar-refractivity contribution in [1.29, 1.82) is 0 Å². The predicted octanol–water partition coefficient (Wildman–Crippen LogP) is 1.89. The Morgan fingerprint density at radius 1 is 1.21 bits per heavy atom. The largest absolute Gasteiger partial charge is 0.493 e. The van der Waals surface area contributed by atoms with Gasteiger partial charge in [-0.3, -0.25) is 4.79 Å². The van der Waals surface area contributed by atoms with Crippen molar-refractivity contribution in [2.75, 3.05) is 41.0 Å². The molecule has 0 bridgehead atoms. The summed E-state index contributed by atoms with van der Waals surface area (Å²) in [5.41, 5.74) is 0.946. The van der Waals surface area contributed by atoms with E-state index in [4.69, 9.17) is 14.2 Å². The lowest BCUT2D eigenvalue weighted by Gasteiger charge is -2.32.